The molecule has 1 unspecified atom stereocenters. The van der Waals surface area contributed by atoms with E-state index in [0.29, 0.717) is 0 Å². The second-order valence-corrected chi connectivity index (χ2v) is 7.11. The first-order chi connectivity index (χ1) is 4.83. The SMILES string of the molecule is CCC([AsH2])(CC)CP(=O)(O)O. The van der Waals surface area contributed by atoms with Gasteiger partial charge in [0.1, 0.15) is 0 Å². The van der Waals surface area contributed by atoms with Gasteiger partial charge in [0, 0.05) is 0 Å². The van der Waals surface area contributed by atoms with Crippen LogP contribution in [0.4, 0.5) is 0 Å². The summed E-state index contributed by atoms with van der Waals surface area (Å²) < 4.78 is 10.5. The van der Waals surface area contributed by atoms with Crippen LogP contribution in [0, 0.1) is 0 Å². The fraction of sp³-hybridized carbons (Fsp3) is 1.00. The van der Waals surface area contributed by atoms with E-state index in [0.717, 1.165) is 12.8 Å². The number of hydrogen-bond acceptors (Lipinski definition) is 1. The van der Waals surface area contributed by atoms with E-state index in [4.69, 9.17) is 9.79 Å². The standard InChI is InChI=1S/C6H16AsO3P/c1-3-6(7,4-2)5-11(8,9)10/h3-5,7H2,1-2H3,(H2,8,9,10). The molecule has 2 N–H and O–H groups in total. The summed E-state index contributed by atoms with van der Waals surface area (Å²) in [6.45, 7) is 3.95. The molecule has 0 heterocycles. The van der Waals surface area contributed by atoms with Crippen molar-refractivity contribution in [2.75, 3.05) is 6.16 Å². The molecule has 0 fully saturated rings. The molecule has 0 aliphatic carbocycles. The van der Waals surface area contributed by atoms with Crippen molar-refractivity contribution < 1.29 is 14.4 Å². The zero-order chi connectivity index (χ0) is 9.12. The molecule has 0 saturated heterocycles. The van der Waals surface area contributed by atoms with Crippen molar-refractivity contribution in [3.63, 3.8) is 0 Å². The summed E-state index contributed by atoms with van der Waals surface area (Å²) in [6, 6.07) is 0. The second-order valence-electron chi connectivity index (χ2n) is 2.89. The molecule has 68 valence electrons. The van der Waals surface area contributed by atoms with Crippen molar-refractivity contribution in [1.29, 1.82) is 0 Å². The maximum atomic E-state index is 10.7. The zero-order valence-corrected chi connectivity index (χ0v) is 10.3. The van der Waals surface area contributed by atoms with E-state index in [1.807, 2.05) is 13.8 Å². The predicted molar refractivity (Wildman–Crippen MR) is 48.7 cm³/mol. The van der Waals surface area contributed by atoms with Gasteiger partial charge in [0.25, 0.3) is 0 Å². The van der Waals surface area contributed by atoms with Gasteiger partial charge in [-0.05, 0) is 0 Å². The van der Waals surface area contributed by atoms with E-state index in [9.17, 15) is 4.57 Å². The van der Waals surface area contributed by atoms with Crippen molar-refractivity contribution in [3.05, 3.63) is 0 Å². The predicted octanol–water partition coefficient (Wildman–Crippen LogP) is 0.776. The van der Waals surface area contributed by atoms with Crippen LogP contribution in [0.25, 0.3) is 0 Å². The van der Waals surface area contributed by atoms with E-state index in [1.165, 1.54) is 16.9 Å². The Kier molecular flexibility index (Phi) is 4.35. The van der Waals surface area contributed by atoms with Crippen LogP contribution >= 0.6 is 7.60 Å². The van der Waals surface area contributed by atoms with Crippen LogP contribution in [0.5, 0.6) is 0 Å². The summed E-state index contributed by atoms with van der Waals surface area (Å²) in [4.78, 5) is 17.5. The van der Waals surface area contributed by atoms with Crippen molar-refractivity contribution in [2.24, 2.45) is 0 Å². The van der Waals surface area contributed by atoms with Crippen LogP contribution in [0.3, 0.4) is 0 Å². The Balaban J connectivity index is 4.20. The molecular weight excluding hydrogens is 226 g/mol. The Morgan fingerprint density at radius 2 is 1.73 bits per heavy atom. The normalized spacial score (nSPS) is 13.5. The summed E-state index contributed by atoms with van der Waals surface area (Å²) in [5.74, 6) is 0. The van der Waals surface area contributed by atoms with Gasteiger partial charge in [0.05, 0.1) is 0 Å². The van der Waals surface area contributed by atoms with Gasteiger partial charge in [-0.25, -0.2) is 0 Å². The first kappa shape index (κ1) is 11.7. The second kappa shape index (κ2) is 4.09. The van der Waals surface area contributed by atoms with Gasteiger partial charge >= 0.3 is 75.9 Å². The first-order valence-corrected chi connectivity index (χ1v) is 6.67. The molecule has 0 aromatic rings. The number of rotatable bonds is 4. The molecule has 0 aliphatic heterocycles. The summed E-state index contributed by atoms with van der Waals surface area (Å²) in [6.07, 6.45) is 1.72. The molecule has 0 saturated carbocycles. The molecule has 0 aliphatic rings. The Morgan fingerprint density at radius 3 is 1.82 bits per heavy atom. The molecule has 0 radical (unpaired) electrons. The Morgan fingerprint density at radius 1 is 1.36 bits per heavy atom. The van der Waals surface area contributed by atoms with E-state index in [1.54, 1.807) is 0 Å². The Hall–Kier alpha value is 0.708. The van der Waals surface area contributed by atoms with Gasteiger partial charge in [-0.15, -0.1) is 0 Å². The topological polar surface area (TPSA) is 57.5 Å². The zero-order valence-electron chi connectivity index (χ0n) is 6.95. The fourth-order valence-corrected chi connectivity index (χ4v) is 3.65. The van der Waals surface area contributed by atoms with Gasteiger partial charge in [-0.2, -0.15) is 0 Å². The van der Waals surface area contributed by atoms with Gasteiger partial charge in [0.15, 0.2) is 0 Å². The molecule has 0 aromatic carbocycles. The van der Waals surface area contributed by atoms with Crippen LogP contribution in [-0.4, -0.2) is 32.8 Å². The third kappa shape index (κ3) is 5.03. The Bertz CT molecular complexity index is 161. The van der Waals surface area contributed by atoms with Crippen LogP contribution < -0.4 is 0 Å². The maximum absolute atomic E-state index is 10.7. The average molecular weight is 242 g/mol. The monoisotopic (exact) mass is 242 g/mol. The van der Waals surface area contributed by atoms with Crippen LogP contribution in [0.2, 0.25) is 4.20 Å². The van der Waals surface area contributed by atoms with E-state index < -0.39 is 7.60 Å². The van der Waals surface area contributed by atoms with Gasteiger partial charge < -0.3 is 0 Å². The molecule has 5 heteroatoms. The van der Waals surface area contributed by atoms with E-state index in [-0.39, 0.29) is 10.4 Å². The third-order valence-electron chi connectivity index (χ3n) is 1.93. The first-order valence-electron chi connectivity index (χ1n) is 3.66. The molecular formula is C6H16AsO3P. The van der Waals surface area contributed by atoms with E-state index in [2.05, 4.69) is 0 Å². The minimum atomic E-state index is -3.80. The van der Waals surface area contributed by atoms with Crippen LogP contribution in [0.1, 0.15) is 26.7 Å². The number of hydrogen-bond donors (Lipinski definition) is 2. The van der Waals surface area contributed by atoms with Gasteiger partial charge in [-0.3, -0.25) is 0 Å². The molecule has 1 atom stereocenters. The minimum absolute atomic E-state index is 0.0347. The Labute approximate surface area is 76.2 Å². The van der Waals surface area contributed by atoms with Crippen molar-refractivity contribution in [2.45, 2.75) is 30.9 Å². The van der Waals surface area contributed by atoms with Gasteiger partial charge in [0.2, 0.25) is 0 Å². The molecule has 0 spiro atoms. The molecule has 0 rings (SSSR count). The van der Waals surface area contributed by atoms with Crippen molar-refractivity contribution in [3.8, 4) is 0 Å². The molecule has 11 heavy (non-hydrogen) atoms. The summed E-state index contributed by atoms with van der Waals surface area (Å²) >= 11 is 1.44. The molecule has 0 amide bonds. The van der Waals surface area contributed by atoms with Crippen LogP contribution in [0.15, 0.2) is 0 Å². The quantitative estimate of drug-likeness (QED) is 0.565. The van der Waals surface area contributed by atoms with Crippen molar-refractivity contribution >= 4 is 24.4 Å². The van der Waals surface area contributed by atoms with E-state index >= 15 is 0 Å². The molecule has 3 nitrogen and oxygen atoms in total. The molecule has 0 bridgehead atoms. The molecule has 0 aromatic heterocycles. The van der Waals surface area contributed by atoms with Crippen LogP contribution in [-0.2, 0) is 4.57 Å². The average Bonchev–Trinajstić information content (AvgIpc) is 1.84. The summed E-state index contributed by atoms with van der Waals surface area (Å²) in [7, 11) is -3.80. The van der Waals surface area contributed by atoms with Gasteiger partial charge in [-0.1, -0.05) is 0 Å². The fourth-order valence-electron chi connectivity index (χ4n) is 0.884. The summed E-state index contributed by atoms with van der Waals surface area (Å²) in [5.41, 5.74) is 0. The third-order valence-corrected chi connectivity index (χ3v) is 5.83. The van der Waals surface area contributed by atoms with Crippen molar-refractivity contribution in [1.82, 2.24) is 0 Å². The summed E-state index contributed by atoms with van der Waals surface area (Å²) in [5, 5.41) is 0.